The molecule has 0 spiro atoms. The molecule has 0 amide bonds. The number of benzene rings is 1. The van der Waals surface area contributed by atoms with Crippen molar-refractivity contribution in [2.75, 3.05) is 20.5 Å². The molecule has 2 atom stereocenters. The molecule has 1 rings (SSSR count). The number of sulfone groups is 1. The molecule has 7 heteroatoms. The summed E-state index contributed by atoms with van der Waals surface area (Å²) in [6, 6.07) is 3.20. The van der Waals surface area contributed by atoms with Crippen molar-refractivity contribution in [2.45, 2.75) is 18.3 Å². The normalized spacial score (nSPS) is 14.8. The van der Waals surface area contributed by atoms with Gasteiger partial charge in [-0.2, -0.15) is 0 Å². The zero-order valence-corrected chi connectivity index (χ0v) is 13.6. The first kappa shape index (κ1) is 16.3. The standard InChI is InChI=1S/C12H17BrO5S/c1-7(19(4,15)16)12(14)8-5-11(18-3)9(13)6-10(8)17-2/h5-7,12,14H,1-4H3. The van der Waals surface area contributed by atoms with Crippen molar-refractivity contribution < 1.29 is 23.0 Å². The van der Waals surface area contributed by atoms with E-state index in [1.807, 2.05) is 0 Å². The third-order valence-electron chi connectivity index (χ3n) is 2.94. The number of rotatable bonds is 5. The van der Waals surface area contributed by atoms with Gasteiger partial charge in [0.2, 0.25) is 0 Å². The number of halogens is 1. The molecule has 0 aromatic heterocycles. The van der Waals surface area contributed by atoms with Gasteiger partial charge in [-0.15, -0.1) is 0 Å². The van der Waals surface area contributed by atoms with E-state index in [-0.39, 0.29) is 0 Å². The first-order valence-corrected chi connectivity index (χ1v) is 8.25. The second kappa shape index (κ2) is 6.11. The Bertz CT molecular complexity index is 555. The number of aliphatic hydroxyl groups is 1. The summed E-state index contributed by atoms with van der Waals surface area (Å²) in [6.45, 7) is 1.45. The lowest BCUT2D eigenvalue weighted by Crippen LogP contribution is -2.24. The fourth-order valence-corrected chi connectivity index (χ4v) is 2.70. The van der Waals surface area contributed by atoms with Crippen molar-refractivity contribution in [1.82, 2.24) is 0 Å². The first-order chi connectivity index (χ1) is 8.72. The number of ether oxygens (including phenoxy) is 2. The lowest BCUT2D eigenvalue weighted by Gasteiger charge is -2.21. The van der Waals surface area contributed by atoms with E-state index in [4.69, 9.17) is 9.47 Å². The van der Waals surface area contributed by atoms with E-state index in [1.54, 1.807) is 12.1 Å². The van der Waals surface area contributed by atoms with Crippen molar-refractivity contribution in [3.8, 4) is 11.5 Å². The summed E-state index contributed by atoms with van der Waals surface area (Å²) in [5.74, 6) is 0.895. The quantitative estimate of drug-likeness (QED) is 0.876. The van der Waals surface area contributed by atoms with Gasteiger partial charge in [-0.1, -0.05) is 0 Å². The van der Waals surface area contributed by atoms with Crippen molar-refractivity contribution >= 4 is 25.8 Å². The van der Waals surface area contributed by atoms with Gasteiger partial charge in [0.15, 0.2) is 9.84 Å². The summed E-state index contributed by atoms with van der Waals surface area (Å²) < 4.78 is 34.0. The molecule has 0 saturated heterocycles. The Morgan fingerprint density at radius 1 is 1.21 bits per heavy atom. The molecule has 5 nitrogen and oxygen atoms in total. The summed E-state index contributed by atoms with van der Waals surface area (Å²) in [5, 5.41) is 9.28. The summed E-state index contributed by atoms with van der Waals surface area (Å²) in [7, 11) is -0.420. The molecular formula is C12H17BrO5S. The highest BCUT2D eigenvalue weighted by atomic mass is 79.9. The van der Waals surface area contributed by atoms with Crippen LogP contribution >= 0.6 is 15.9 Å². The van der Waals surface area contributed by atoms with E-state index >= 15 is 0 Å². The van der Waals surface area contributed by atoms with E-state index in [1.165, 1.54) is 21.1 Å². The van der Waals surface area contributed by atoms with Gasteiger partial charge in [0.05, 0.1) is 30.0 Å². The summed E-state index contributed by atoms with van der Waals surface area (Å²) in [5.41, 5.74) is 0.375. The molecule has 0 saturated carbocycles. The Morgan fingerprint density at radius 2 is 1.74 bits per heavy atom. The zero-order chi connectivity index (χ0) is 14.8. The molecule has 2 unspecified atom stereocenters. The average molecular weight is 353 g/mol. The van der Waals surface area contributed by atoms with E-state index in [9.17, 15) is 13.5 Å². The van der Waals surface area contributed by atoms with Crippen LogP contribution in [0.1, 0.15) is 18.6 Å². The van der Waals surface area contributed by atoms with E-state index in [0.717, 1.165) is 6.26 Å². The molecule has 0 aliphatic carbocycles. The minimum Gasteiger partial charge on any atom is -0.496 e. The highest BCUT2D eigenvalue weighted by Gasteiger charge is 2.28. The highest BCUT2D eigenvalue weighted by molar-refractivity contribution is 9.10. The lowest BCUT2D eigenvalue weighted by atomic mass is 10.1. The topological polar surface area (TPSA) is 72.8 Å². The van der Waals surface area contributed by atoms with Crippen molar-refractivity contribution in [2.24, 2.45) is 0 Å². The third-order valence-corrected chi connectivity index (χ3v) is 5.17. The van der Waals surface area contributed by atoms with Crippen LogP contribution < -0.4 is 9.47 Å². The molecule has 0 bridgehead atoms. The van der Waals surface area contributed by atoms with Crippen molar-refractivity contribution in [1.29, 1.82) is 0 Å². The van der Waals surface area contributed by atoms with Crippen molar-refractivity contribution in [3.05, 3.63) is 22.2 Å². The minimum absolute atomic E-state index is 0.375. The van der Waals surface area contributed by atoms with Crippen LogP contribution in [0.4, 0.5) is 0 Å². The smallest absolute Gasteiger partial charge is 0.152 e. The maximum absolute atomic E-state index is 11.5. The van der Waals surface area contributed by atoms with Gasteiger partial charge < -0.3 is 14.6 Å². The molecule has 108 valence electrons. The minimum atomic E-state index is -3.36. The predicted octanol–water partition coefficient (Wildman–Crippen LogP) is 1.93. The van der Waals surface area contributed by atoms with Gasteiger partial charge in [-0.3, -0.25) is 0 Å². The maximum atomic E-state index is 11.5. The number of methoxy groups -OCH3 is 2. The number of hydrogen-bond donors (Lipinski definition) is 1. The predicted molar refractivity (Wildman–Crippen MR) is 76.5 cm³/mol. The third kappa shape index (κ3) is 3.61. The van der Waals surface area contributed by atoms with E-state index in [2.05, 4.69) is 15.9 Å². The lowest BCUT2D eigenvalue weighted by molar-refractivity contribution is 0.171. The van der Waals surface area contributed by atoms with Crippen LogP contribution in [0.25, 0.3) is 0 Å². The molecular weight excluding hydrogens is 336 g/mol. The largest absolute Gasteiger partial charge is 0.496 e. The van der Waals surface area contributed by atoms with Crippen LogP contribution in [-0.2, 0) is 9.84 Å². The monoisotopic (exact) mass is 352 g/mol. The fraction of sp³-hybridized carbons (Fsp3) is 0.500. The van der Waals surface area contributed by atoms with Crippen molar-refractivity contribution in [3.63, 3.8) is 0 Å². The molecule has 1 aromatic carbocycles. The second-order valence-corrected chi connectivity index (χ2v) is 7.47. The maximum Gasteiger partial charge on any atom is 0.152 e. The molecule has 1 aromatic rings. The number of hydrogen-bond acceptors (Lipinski definition) is 5. The van der Waals surface area contributed by atoms with E-state index in [0.29, 0.717) is 21.5 Å². The average Bonchev–Trinajstić information content (AvgIpc) is 2.35. The molecule has 19 heavy (non-hydrogen) atoms. The van der Waals surface area contributed by atoms with Crippen LogP contribution in [0.2, 0.25) is 0 Å². The van der Waals surface area contributed by atoms with Gasteiger partial charge in [-0.05, 0) is 35.0 Å². The summed E-state index contributed by atoms with van der Waals surface area (Å²) in [4.78, 5) is 0. The number of aliphatic hydroxyl groups excluding tert-OH is 1. The molecule has 0 heterocycles. The first-order valence-electron chi connectivity index (χ1n) is 5.50. The molecule has 1 N–H and O–H groups in total. The summed E-state index contributed by atoms with van der Waals surface area (Å²) >= 11 is 3.30. The summed E-state index contributed by atoms with van der Waals surface area (Å²) in [6.07, 6.45) is -0.101. The van der Waals surface area contributed by atoms with Crippen LogP contribution in [0.5, 0.6) is 11.5 Å². The fourth-order valence-electron chi connectivity index (χ4n) is 1.60. The second-order valence-electron chi connectivity index (χ2n) is 4.21. The van der Waals surface area contributed by atoms with Gasteiger partial charge in [0.25, 0.3) is 0 Å². The highest BCUT2D eigenvalue weighted by Crippen LogP contribution is 2.37. The Balaban J connectivity index is 3.32. The molecule has 0 aliphatic heterocycles. The van der Waals surface area contributed by atoms with Gasteiger partial charge >= 0.3 is 0 Å². The Labute approximate surface area is 121 Å². The Hall–Kier alpha value is -0.790. The van der Waals surface area contributed by atoms with Gasteiger partial charge in [-0.25, -0.2) is 8.42 Å². The Kier molecular flexibility index (Phi) is 5.23. The molecule has 0 radical (unpaired) electrons. The van der Waals surface area contributed by atoms with Crippen LogP contribution in [0.15, 0.2) is 16.6 Å². The van der Waals surface area contributed by atoms with Crippen LogP contribution in [0, 0.1) is 0 Å². The van der Waals surface area contributed by atoms with Gasteiger partial charge in [0, 0.05) is 11.8 Å². The Morgan fingerprint density at radius 3 is 2.16 bits per heavy atom. The van der Waals surface area contributed by atoms with Crippen LogP contribution in [0.3, 0.4) is 0 Å². The van der Waals surface area contributed by atoms with Gasteiger partial charge in [0.1, 0.15) is 11.5 Å². The zero-order valence-electron chi connectivity index (χ0n) is 11.2. The molecule has 0 aliphatic rings. The SMILES string of the molecule is COc1cc(C(O)C(C)S(C)(=O)=O)c(OC)cc1Br. The van der Waals surface area contributed by atoms with E-state index < -0.39 is 21.2 Å². The van der Waals surface area contributed by atoms with Crippen LogP contribution in [-0.4, -0.2) is 39.2 Å². The molecule has 0 fully saturated rings.